The van der Waals surface area contributed by atoms with Gasteiger partial charge in [-0.05, 0) is 76.6 Å². The van der Waals surface area contributed by atoms with E-state index in [1.54, 1.807) is 40.7 Å². The molecule has 45 heavy (non-hydrogen) atoms. The fraction of sp³-hybridized carbons (Fsp3) is 0.281. The van der Waals surface area contributed by atoms with Crippen LogP contribution in [0.1, 0.15) is 56.6 Å². The van der Waals surface area contributed by atoms with Crippen LogP contribution in [0.2, 0.25) is 0 Å². The van der Waals surface area contributed by atoms with Gasteiger partial charge in [-0.25, -0.2) is 23.1 Å². The number of carbonyl (C=O) groups excluding carboxylic acids is 1. The van der Waals surface area contributed by atoms with Crippen molar-refractivity contribution < 1.29 is 23.4 Å². The number of nitrogens with zero attached hydrogens (tertiary/aromatic N) is 4. The Balaban J connectivity index is 1.43. The van der Waals surface area contributed by atoms with Gasteiger partial charge in [0.05, 0.1) is 17.3 Å². The van der Waals surface area contributed by atoms with E-state index in [1.165, 1.54) is 41.2 Å². The maximum Gasteiger partial charge on any atom is 0.335 e. The third-order valence-corrected chi connectivity index (χ3v) is 7.47. The molecule has 0 saturated carbocycles. The maximum absolute atomic E-state index is 15.3. The third kappa shape index (κ3) is 6.38. The first-order chi connectivity index (χ1) is 21.2. The minimum Gasteiger partial charge on any atom is -0.453 e. The molecule has 2 aromatic carbocycles. The van der Waals surface area contributed by atoms with Crippen molar-refractivity contribution in [3.8, 4) is 17.2 Å². The van der Waals surface area contributed by atoms with Gasteiger partial charge in [-0.2, -0.15) is 5.10 Å². The smallest absolute Gasteiger partial charge is 0.335 e. The molecule has 0 aliphatic rings. The van der Waals surface area contributed by atoms with E-state index in [9.17, 15) is 23.9 Å². The Bertz CT molecular complexity index is 2010. The normalized spacial score (nSPS) is 12.5. The molecular formula is C32H32F2N6O5. The minimum atomic E-state index is -1.06. The number of rotatable bonds is 10. The predicted octanol–water partition coefficient (Wildman–Crippen LogP) is 4.92. The fourth-order valence-electron chi connectivity index (χ4n) is 4.58. The number of hydrogen-bond donors (Lipinski definition) is 3. The van der Waals surface area contributed by atoms with Crippen molar-refractivity contribution in [3.05, 3.63) is 105 Å². The van der Waals surface area contributed by atoms with Crippen LogP contribution in [0.25, 0.3) is 16.7 Å². The number of hydrogen-bond acceptors (Lipinski definition) is 8. The van der Waals surface area contributed by atoms with Crippen molar-refractivity contribution >= 4 is 22.6 Å². The zero-order chi connectivity index (χ0) is 32.6. The topological polar surface area (TPSA) is 144 Å². The number of pyridine rings is 1. The highest BCUT2D eigenvalue weighted by Gasteiger charge is 2.25. The second-order valence-electron chi connectivity index (χ2n) is 11.5. The van der Waals surface area contributed by atoms with Crippen LogP contribution in [0.5, 0.6) is 11.5 Å². The molecule has 1 atom stereocenters. The molecule has 3 heterocycles. The summed E-state index contributed by atoms with van der Waals surface area (Å²) in [5.74, 6) is -1.46. The van der Waals surface area contributed by atoms with E-state index in [-0.39, 0.29) is 34.7 Å². The van der Waals surface area contributed by atoms with Gasteiger partial charge in [0.2, 0.25) is 0 Å². The van der Waals surface area contributed by atoms with E-state index in [4.69, 9.17) is 4.74 Å². The van der Waals surface area contributed by atoms with Crippen LogP contribution >= 0.6 is 0 Å². The number of halogens is 2. The summed E-state index contributed by atoms with van der Waals surface area (Å²) in [6, 6.07) is 9.52. The number of Topliss-reactive ketones (excluding diaryl/α,β-unsaturated/α-hetero) is 1. The van der Waals surface area contributed by atoms with E-state index in [2.05, 4.69) is 20.5 Å². The summed E-state index contributed by atoms with van der Waals surface area (Å²) in [5, 5.41) is 20.9. The van der Waals surface area contributed by atoms with Crippen LogP contribution in [-0.4, -0.2) is 46.8 Å². The standard InChI is InChI=1S/C32H32F2N6O5/c1-17(2)39-16-22(30(42)40(31(39)43)21-9-7-20(33)8-10-21)24(41)15-19-6-11-25(23(34)14-19)45-26-12-13-35-28-27(26)29(38-37-28)36-18(3)32(4,5)44/h6-14,16-18,44H,15H2,1-5H3,(H2,35,36,37,38)/t18-/m1/s1. The summed E-state index contributed by atoms with van der Waals surface area (Å²) in [5.41, 5.74) is -2.11. The number of ketones is 1. The van der Waals surface area contributed by atoms with Gasteiger partial charge < -0.3 is 15.2 Å². The van der Waals surface area contributed by atoms with Gasteiger partial charge in [0.1, 0.15) is 22.5 Å². The quantitative estimate of drug-likeness (QED) is 0.187. The monoisotopic (exact) mass is 618 g/mol. The zero-order valence-corrected chi connectivity index (χ0v) is 25.3. The molecule has 0 bridgehead atoms. The van der Waals surface area contributed by atoms with Crippen molar-refractivity contribution in [1.82, 2.24) is 24.3 Å². The average Bonchev–Trinajstić information content (AvgIpc) is 3.38. The average molecular weight is 619 g/mol. The first-order valence-corrected chi connectivity index (χ1v) is 14.2. The molecule has 0 amide bonds. The van der Waals surface area contributed by atoms with Gasteiger partial charge in [0, 0.05) is 30.9 Å². The minimum absolute atomic E-state index is 0.110. The van der Waals surface area contributed by atoms with Gasteiger partial charge in [-0.3, -0.25) is 19.3 Å². The summed E-state index contributed by atoms with van der Waals surface area (Å²) < 4.78 is 36.8. The second-order valence-corrected chi connectivity index (χ2v) is 11.5. The van der Waals surface area contributed by atoms with Crippen molar-refractivity contribution in [3.63, 3.8) is 0 Å². The number of nitrogens with one attached hydrogen (secondary N) is 2. The molecule has 3 N–H and O–H groups in total. The number of fused-ring (bicyclic) bond motifs is 1. The highest BCUT2D eigenvalue weighted by atomic mass is 19.1. The van der Waals surface area contributed by atoms with E-state index in [0.29, 0.717) is 16.9 Å². The maximum atomic E-state index is 15.3. The molecule has 0 fully saturated rings. The van der Waals surface area contributed by atoms with Gasteiger partial charge in [-0.15, -0.1) is 0 Å². The third-order valence-electron chi connectivity index (χ3n) is 7.47. The Morgan fingerprint density at radius 3 is 2.42 bits per heavy atom. The van der Waals surface area contributed by atoms with Gasteiger partial charge in [-0.1, -0.05) is 6.07 Å². The molecule has 5 aromatic rings. The van der Waals surface area contributed by atoms with Crippen molar-refractivity contribution in [1.29, 1.82) is 0 Å². The summed E-state index contributed by atoms with van der Waals surface area (Å²) in [4.78, 5) is 44.1. The van der Waals surface area contributed by atoms with Crippen molar-refractivity contribution in [2.24, 2.45) is 0 Å². The lowest BCUT2D eigenvalue weighted by molar-refractivity contribution is 0.0648. The molecule has 5 rings (SSSR count). The van der Waals surface area contributed by atoms with E-state index in [1.807, 2.05) is 0 Å². The lowest BCUT2D eigenvalue weighted by Gasteiger charge is -2.26. The number of aliphatic hydroxyl groups is 1. The molecule has 0 spiro atoms. The van der Waals surface area contributed by atoms with E-state index in [0.717, 1.165) is 22.8 Å². The number of anilines is 1. The van der Waals surface area contributed by atoms with E-state index < -0.39 is 46.4 Å². The van der Waals surface area contributed by atoms with Crippen molar-refractivity contribution in [2.45, 2.75) is 58.7 Å². The lowest BCUT2D eigenvalue weighted by Crippen LogP contribution is -2.42. The Labute approximate surface area is 256 Å². The predicted molar refractivity (Wildman–Crippen MR) is 164 cm³/mol. The molecule has 0 unspecified atom stereocenters. The Hall–Kier alpha value is -5.17. The number of benzene rings is 2. The van der Waals surface area contributed by atoms with Crippen LogP contribution in [-0.2, 0) is 6.42 Å². The fourth-order valence-corrected chi connectivity index (χ4v) is 4.58. The molecule has 234 valence electrons. The summed E-state index contributed by atoms with van der Waals surface area (Å²) in [6.07, 6.45) is 2.34. The Morgan fingerprint density at radius 2 is 1.78 bits per heavy atom. The van der Waals surface area contributed by atoms with Gasteiger partial charge in [0.15, 0.2) is 28.8 Å². The summed E-state index contributed by atoms with van der Waals surface area (Å²) in [7, 11) is 0. The molecule has 13 heteroatoms. The molecule has 0 aliphatic heterocycles. The first kappa shape index (κ1) is 31.3. The summed E-state index contributed by atoms with van der Waals surface area (Å²) >= 11 is 0. The Morgan fingerprint density at radius 1 is 1.07 bits per heavy atom. The number of aromatic amines is 1. The summed E-state index contributed by atoms with van der Waals surface area (Å²) in [6.45, 7) is 8.53. The SMILES string of the molecule is CC(C)n1cc(C(=O)Cc2ccc(Oc3ccnc4[nH]nc(N[C@H](C)C(C)(C)O)c34)c(F)c2)c(=O)n(-c2ccc(F)cc2)c1=O. The molecule has 0 saturated heterocycles. The van der Waals surface area contributed by atoms with Gasteiger partial charge in [0.25, 0.3) is 5.56 Å². The second kappa shape index (κ2) is 12.1. The highest BCUT2D eigenvalue weighted by molar-refractivity contribution is 5.97. The highest BCUT2D eigenvalue weighted by Crippen LogP contribution is 2.34. The van der Waals surface area contributed by atoms with Crippen molar-refractivity contribution in [2.75, 3.05) is 5.32 Å². The first-order valence-electron chi connectivity index (χ1n) is 14.2. The molecule has 0 radical (unpaired) electrons. The van der Waals surface area contributed by atoms with Crippen LogP contribution in [0.4, 0.5) is 14.6 Å². The van der Waals surface area contributed by atoms with Crippen LogP contribution in [0.15, 0.2) is 70.5 Å². The largest absolute Gasteiger partial charge is 0.453 e. The Kier molecular flexibility index (Phi) is 8.39. The molecule has 3 aromatic heterocycles. The van der Waals surface area contributed by atoms with E-state index >= 15 is 4.39 Å². The number of ether oxygens (including phenoxy) is 1. The molecule has 0 aliphatic carbocycles. The molecular weight excluding hydrogens is 586 g/mol. The van der Waals surface area contributed by atoms with Crippen LogP contribution in [0, 0.1) is 11.6 Å². The van der Waals surface area contributed by atoms with Crippen LogP contribution < -0.4 is 21.3 Å². The number of aromatic nitrogens is 5. The molecule has 11 nitrogen and oxygen atoms in total. The number of carbonyl (C=O) groups is 1. The number of H-pyrrole nitrogens is 1. The zero-order valence-electron chi connectivity index (χ0n) is 25.3. The van der Waals surface area contributed by atoms with Crippen LogP contribution in [0.3, 0.4) is 0 Å². The van der Waals surface area contributed by atoms with Gasteiger partial charge >= 0.3 is 5.69 Å². The lowest BCUT2D eigenvalue weighted by atomic mass is 10.0.